The van der Waals surface area contributed by atoms with E-state index in [1.54, 1.807) is 6.07 Å². The monoisotopic (exact) mass is 337 g/mol. The first-order valence-electron chi connectivity index (χ1n) is 4.07. The molecule has 0 saturated heterocycles. The zero-order valence-corrected chi connectivity index (χ0v) is 11.1. The standard InChI is InChI=1S/C9H8BrClF3N.ClH/c10-5-1-2-7(11)6(3-5)8(15)4-9(12,13)14;/h1-3,8H,4,15H2;1H/t8-;/m0./s1. The summed E-state index contributed by atoms with van der Waals surface area (Å²) < 4.78 is 36.9. The van der Waals surface area contributed by atoms with Crippen LogP contribution in [0.3, 0.4) is 0 Å². The maximum atomic E-state index is 12.1. The van der Waals surface area contributed by atoms with Crippen LogP contribution in [0.4, 0.5) is 13.2 Å². The lowest BCUT2D eigenvalue weighted by Gasteiger charge is -2.15. The van der Waals surface area contributed by atoms with Gasteiger partial charge in [-0.2, -0.15) is 13.2 Å². The molecule has 1 rings (SSSR count). The minimum Gasteiger partial charge on any atom is -0.324 e. The molecule has 0 bridgehead atoms. The largest absolute Gasteiger partial charge is 0.390 e. The second kappa shape index (κ2) is 6.10. The van der Waals surface area contributed by atoms with Crippen LogP contribution >= 0.6 is 39.9 Å². The number of rotatable bonds is 2. The van der Waals surface area contributed by atoms with Gasteiger partial charge in [0.25, 0.3) is 0 Å². The minimum atomic E-state index is -4.29. The molecule has 1 nitrogen and oxygen atoms in total. The first kappa shape index (κ1) is 16.0. The lowest BCUT2D eigenvalue weighted by molar-refractivity contribution is -0.138. The molecule has 0 heterocycles. The van der Waals surface area contributed by atoms with Gasteiger partial charge in [0, 0.05) is 15.5 Å². The summed E-state index contributed by atoms with van der Waals surface area (Å²) in [6.07, 6.45) is -5.37. The number of halogens is 6. The molecule has 1 aromatic carbocycles. The number of benzene rings is 1. The van der Waals surface area contributed by atoms with Gasteiger partial charge < -0.3 is 5.73 Å². The molecule has 0 aliphatic carbocycles. The van der Waals surface area contributed by atoms with Crippen LogP contribution in [0, 0.1) is 0 Å². The second-order valence-corrected chi connectivity index (χ2v) is 4.41. The summed E-state index contributed by atoms with van der Waals surface area (Å²) in [5, 5.41) is 0.245. The van der Waals surface area contributed by atoms with E-state index in [1.165, 1.54) is 12.1 Å². The van der Waals surface area contributed by atoms with E-state index >= 15 is 0 Å². The van der Waals surface area contributed by atoms with Crippen LogP contribution in [0.2, 0.25) is 5.02 Å². The first-order valence-corrected chi connectivity index (χ1v) is 5.24. The molecule has 1 atom stereocenters. The Morgan fingerprint density at radius 3 is 2.44 bits per heavy atom. The van der Waals surface area contributed by atoms with Crippen molar-refractivity contribution in [2.75, 3.05) is 0 Å². The van der Waals surface area contributed by atoms with Gasteiger partial charge in [-0.3, -0.25) is 0 Å². The van der Waals surface area contributed by atoms with Gasteiger partial charge >= 0.3 is 6.18 Å². The zero-order valence-electron chi connectivity index (χ0n) is 7.89. The minimum absolute atomic E-state index is 0. The molecular formula is C9H9BrCl2F3N. The van der Waals surface area contributed by atoms with E-state index in [0.717, 1.165) is 0 Å². The van der Waals surface area contributed by atoms with Crippen LogP contribution in [0.15, 0.2) is 22.7 Å². The van der Waals surface area contributed by atoms with Crippen molar-refractivity contribution in [3.63, 3.8) is 0 Å². The van der Waals surface area contributed by atoms with Crippen molar-refractivity contribution in [3.05, 3.63) is 33.3 Å². The maximum Gasteiger partial charge on any atom is 0.390 e. The van der Waals surface area contributed by atoms with Gasteiger partial charge in [-0.25, -0.2) is 0 Å². The molecule has 92 valence electrons. The summed E-state index contributed by atoms with van der Waals surface area (Å²) >= 11 is 8.90. The normalized spacial score (nSPS) is 13.1. The Morgan fingerprint density at radius 1 is 1.38 bits per heavy atom. The van der Waals surface area contributed by atoms with Gasteiger partial charge in [-0.1, -0.05) is 27.5 Å². The first-order chi connectivity index (χ1) is 6.79. The Bertz CT molecular complexity index is 357. The Hall–Kier alpha value is 0.0300. The molecule has 0 amide bonds. The molecule has 0 aliphatic rings. The Kier molecular flexibility index (Phi) is 6.11. The van der Waals surface area contributed by atoms with Gasteiger partial charge in [-0.05, 0) is 23.8 Å². The van der Waals surface area contributed by atoms with E-state index in [4.69, 9.17) is 17.3 Å². The molecule has 0 saturated carbocycles. The second-order valence-electron chi connectivity index (χ2n) is 3.09. The van der Waals surface area contributed by atoms with Gasteiger partial charge in [0.15, 0.2) is 0 Å². The van der Waals surface area contributed by atoms with Gasteiger partial charge in [0.2, 0.25) is 0 Å². The summed E-state index contributed by atoms with van der Waals surface area (Å²) in [5.74, 6) is 0. The zero-order chi connectivity index (χ0) is 11.6. The Balaban J connectivity index is 0.00000225. The Morgan fingerprint density at radius 2 is 1.94 bits per heavy atom. The van der Waals surface area contributed by atoms with Crippen molar-refractivity contribution < 1.29 is 13.2 Å². The number of alkyl halides is 3. The predicted octanol–water partition coefficient (Wildman–Crippen LogP) is 4.48. The molecule has 0 aliphatic heterocycles. The molecule has 7 heteroatoms. The van der Waals surface area contributed by atoms with E-state index < -0.39 is 18.6 Å². The van der Waals surface area contributed by atoms with Crippen LogP contribution in [0.5, 0.6) is 0 Å². The van der Waals surface area contributed by atoms with E-state index in [9.17, 15) is 13.2 Å². The van der Waals surface area contributed by atoms with Gasteiger partial charge in [-0.15, -0.1) is 12.4 Å². The van der Waals surface area contributed by atoms with Crippen molar-refractivity contribution in [2.45, 2.75) is 18.6 Å². The lowest BCUT2D eigenvalue weighted by Crippen LogP contribution is -2.20. The van der Waals surface area contributed by atoms with Crippen molar-refractivity contribution in [2.24, 2.45) is 5.73 Å². The summed E-state index contributed by atoms with van der Waals surface area (Å²) in [4.78, 5) is 0. The van der Waals surface area contributed by atoms with Crippen molar-refractivity contribution in [1.82, 2.24) is 0 Å². The van der Waals surface area contributed by atoms with Gasteiger partial charge in [0.05, 0.1) is 6.42 Å². The molecule has 0 radical (unpaired) electrons. The number of hydrogen-bond donors (Lipinski definition) is 1. The van der Waals surface area contributed by atoms with Crippen LogP contribution in [-0.4, -0.2) is 6.18 Å². The van der Waals surface area contributed by atoms with Crippen LogP contribution in [-0.2, 0) is 0 Å². The van der Waals surface area contributed by atoms with Crippen molar-refractivity contribution >= 4 is 39.9 Å². The van der Waals surface area contributed by atoms with E-state index in [-0.39, 0.29) is 17.4 Å². The highest BCUT2D eigenvalue weighted by Gasteiger charge is 2.31. The average molecular weight is 339 g/mol. The smallest absolute Gasteiger partial charge is 0.324 e. The Labute approximate surface area is 111 Å². The quantitative estimate of drug-likeness (QED) is 0.845. The fraction of sp³-hybridized carbons (Fsp3) is 0.333. The summed E-state index contributed by atoms with van der Waals surface area (Å²) in [6, 6.07) is 3.53. The summed E-state index contributed by atoms with van der Waals surface area (Å²) in [7, 11) is 0. The third-order valence-electron chi connectivity index (χ3n) is 1.81. The fourth-order valence-corrected chi connectivity index (χ4v) is 1.79. The fourth-order valence-electron chi connectivity index (χ4n) is 1.16. The lowest BCUT2D eigenvalue weighted by atomic mass is 10.0. The molecule has 0 unspecified atom stereocenters. The SMILES string of the molecule is Cl.N[C@@H](CC(F)(F)F)c1cc(Br)ccc1Cl. The number of nitrogens with two attached hydrogens (primary N) is 1. The maximum absolute atomic E-state index is 12.1. The topological polar surface area (TPSA) is 26.0 Å². The van der Waals surface area contributed by atoms with E-state index in [1.807, 2.05) is 0 Å². The highest BCUT2D eigenvalue weighted by Crippen LogP contribution is 2.32. The average Bonchev–Trinajstić information content (AvgIpc) is 2.06. The summed E-state index contributed by atoms with van der Waals surface area (Å²) in [5.41, 5.74) is 5.72. The third-order valence-corrected chi connectivity index (χ3v) is 2.65. The molecule has 16 heavy (non-hydrogen) atoms. The summed E-state index contributed by atoms with van der Waals surface area (Å²) in [6.45, 7) is 0. The van der Waals surface area contributed by atoms with E-state index in [2.05, 4.69) is 15.9 Å². The predicted molar refractivity (Wildman–Crippen MR) is 64.0 cm³/mol. The highest BCUT2D eigenvalue weighted by atomic mass is 79.9. The van der Waals surface area contributed by atoms with Crippen LogP contribution < -0.4 is 5.73 Å². The van der Waals surface area contributed by atoms with Crippen molar-refractivity contribution in [1.29, 1.82) is 0 Å². The molecule has 0 aromatic heterocycles. The highest BCUT2D eigenvalue weighted by molar-refractivity contribution is 9.10. The molecular weight excluding hydrogens is 330 g/mol. The van der Waals surface area contributed by atoms with Crippen LogP contribution in [0.25, 0.3) is 0 Å². The third kappa shape index (κ3) is 4.91. The molecule has 0 spiro atoms. The van der Waals surface area contributed by atoms with Crippen molar-refractivity contribution in [3.8, 4) is 0 Å². The van der Waals surface area contributed by atoms with Crippen LogP contribution in [0.1, 0.15) is 18.0 Å². The molecule has 1 aromatic rings. The molecule has 2 N–H and O–H groups in total. The van der Waals surface area contributed by atoms with E-state index in [0.29, 0.717) is 10.0 Å². The molecule has 0 fully saturated rings. The van der Waals surface area contributed by atoms with Gasteiger partial charge in [0.1, 0.15) is 0 Å². The number of hydrogen-bond acceptors (Lipinski definition) is 1.